The molecule has 0 aliphatic carbocycles. The van der Waals surface area contributed by atoms with E-state index in [0.29, 0.717) is 4.47 Å². The number of benzene rings is 1. The van der Waals surface area contributed by atoms with Gasteiger partial charge in [0.15, 0.2) is 10.3 Å². The molecule has 1 N–H and O–H groups in total. The lowest BCUT2D eigenvalue weighted by Crippen LogP contribution is -2.14. The number of nitrogens with one attached hydrogen (secondary N) is 1. The Kier molecular flexibility index (Phi) is 4.34. The maximum Gasteiger partial charge on any atom is 0.259 e. The van der Waals surface area contributed by atoms with Crippen molar-refractivity contribution in [2.24, 2.45) is 0 Å². The topological polar surface area (TPSA) is 54.9 Å². The summed E-state index contributed by atoms with van der Waals surface area (Å²) in [5.74, 6) is -1.19. The maximum absolute atomic E-state index is 13.5. The van der Waals surface area contributed by atoms with Gasteiger partial charge in [-0.05, 0) is 24.3 Å². The van der Waals surface area contributed by atoms with Crippen LogP contribution < -0.4 is 5.32 Å². The highest BCUT2D eigenvalue weighted by Crippen LogP contribution is 2.22. The Balaban J connectivity index is 2.30. The summed E-state index contributed by atoms with van der Waals surface area (Å²) in [5.41, 5.74) is 0.0319. The van der Waals surface area contributed by atoms with Crippen molar-refractivity contribution >= 4 is 50.7 Å². The molecule has 2 aromatic rings. The Bertz CT molecular complexity index is 654. The van der Waals surface area contributed by atoms with Crippen molar-refractivity contribution in [3.8, 4) is 0 Å². The van der Waals surface area contributed by atoms with E-state index in [1.807, 2.05) is 0 Å². The minimum absolute atomic E-state index is 0.0149. The minimum atomic E-state index is -0.626. The molecule has 0 radical (unpaired) electrons. The molecule has 8 heteroatoms. The van der Waals surface area contributed by atoms with Gasteiger partial charge in [0.05, 0.1) is 11.3 Å². The number of rotatable bonds is 2. The van der Waals surface area contributed by atoms with Gasteiger partial charge in [-0.3, -0.25) is 4.79 Å². The summed E-state index contributed by atoms with van der Waals surface area (Å²) in [7, 11) is 0. The van der Waals surface area contributed by atoms with Crippen molar-refractivity contribution in [2.45, 2.75) is 0 Å². The van der Waals surface area contributed by atoms with Gasteiger partial charge in [-0.15, -0.1) is 10.2 Å². The number of anilines is 1. The average Bonchev–Trinajstić information content (AvgIpc) is 2.36. The fourth-order valence-electron chi connectivity index (χ4n) is 1.30. The first-order chi connectivity index (χ1) is 8.97. The van der Waals surface area contributed by atoms with E-state index in [9.17, 15) is 9.18 Å². The number of carbonyl (C=O) groups is 1. The van der Waals surface area contributed by atoms with Crippen molar-refractivity contribution in [3.05, 3.63) is 50.4 Å². The van der Waals surface area contributed by atoms with Gasteiger partial charge in [-0.2, -0.15) is 0 Å². The summed E-state index contributed by atoms with van der Waals surface area (Å²) in [6.45, 7) is 0. The van der Waals surface area contributed by atoms with E-state index >= 15 is 0 Å². The van der Waals surface area contributed by atoms with Crippen LogP contribution in [-0.4, -0.2) is 16.1 Å². The molecule has 0 unspecified atom stereocenters. The van der Waals surface area contributed by atoms with Gasteiger partial charge in [-0.25, -0.2) is 4.39 Å². The van der Waals surface area contributed by atoms with Crippen LogP contribution in [0.15, 0.2) is 28.7 Å². The lowest BCUT2D eigenvalue weighted by atomic mass is 10.2. The second-order valence-corrected chi connectivity index (χ2v) is 5.11. The molecule has 0 bridgehead atoms. The van der Waals surface area contributed by atoms with Crippen LogP contribution >= 0.6 is 39.1 Å². The molecule has 0 saturated heterocycles. The van der Waals surface area contributed by atoms with Gasteiger partial charge in [0.25, 0.3) is 5.91 Å². The third-order valence-corrected chi connectivity index (χ3v) is 3.10. The minimum Gasteiger partial charge on any atom is -0.319 e. The molecule has 1 heterocycles. The normalized spacial score (nSPS) is 10.3. The summed E-state index contributed by atoms with van der Waals surface area (Å²) in [6.07, 6.45) is 0. The molecule has 19 heavy (non-hydrogen) atoms. The summed E-state index contributed by atoms with van der Waals surface area (Å²) in [4.78, 5) is 11.9. The van der Waals surface area contributed by atoms with Crippen LogP contribution in [0.1, 0.15) is 10.4 Å². The van der Waals surface area contributed by atoms with E-state index in [1.54, 1.807) is 0 Å². The molecule has 0 saturated carbocycles. The molecule has 1 amide bonds. The maximum atomic E-state index is 13.5. The molecular weight excluding hydrogens is 360 g/mol. The van der Waals surface area contributed by atoms with Crippen LogP contribution in [0.4, 0.5) is 10.1 Å². The Labute approximate surface area is 126 Å². The van der Waals surface area contributed by atoms with Gasteiger partial charge in [0.1, 0.15) is 5.82 Å². The van der Waals surface area contributed by atoms with Crippen molar-refractivity contribution in [1.29, 1.82) is 0 Å². The van der Waals surface area contributed by atoms with E-state index in [0.717, 1.165) is 0 Å². The predicted molar refractivity (Wildman–Crippen MR) is 74.1 cm³/mol. The number of hydrogen-bond acceptors (Lipinski definition) is 3. The van der Waals surface area contributed by atoms with Crippen LogP contribution in [0.5, 0.6) is 0 Å². The summed E-state index contributed by atoms with van der Waals surface area (Å²) < 4.78 is 14.1. The van der Waals surface area contributed by atoms with E-state index < -0.39 is 11.7 Å². The number of nitrogens with zero attached hydrogens (tertiary/aromatic N) is 2. The lowest BCUT2D eigenvalue weighted by molar-refractivity contribution is 0.102. The van der Waals surface area contributed by atoms with Crippen LogP contribution in [-0.2, 0) is 0 Å². The highest BCUT2D eigenvalue weighted by atomic mass is 79.9. The van der Waals surface area contributed by atoms with Gasteiger partial charge in [0, 0.05) is 4.47 Å². The lowest BCUT2D eigenvalue weighted by Gasteiger charge is -2.07. The van der Waals surface area contributed by atoms with E-state index in [4.69, 9.17) is 23.2 Å². The molecule has 0 aliphatic rings. The van der Waals surface area contributed by atoms with E-state index in [2.05, 4.69) is 31.4 Å². The molecule has 0 aliphatic heterocycles. The van der Waals surface area contributed by atoms with Gasteiger partial charge in [-0.1, -0.05) is 39.1 Å². The monoisotopic (exact) mass is 363 g/mol. The smallest absolute Gasteiger partial charge is 0.259 e. The molecule has 0 atom stereocenters. The van der Waals surface area contributed by atoms with Crippen LogP contribution in [0.25, 0.3) is 0 Å². The molecule has 1 aromatic carbocycles. The number of aromatic nitrogens is 2. The number of carbonyl (C=O) groups excluding carboxylic acids is 1. The Morgan fingerprint density at radius 2 is 2.00 bits per heavy atom. The zero-order valence-corrected chi connectivity index (χ0v) is 12.2. The molecular formula is C11H5BrCl2FN3O. The molecule has 98 valence electrons. The van der Waals surface area contributed by atoms with Crippen LogP contribution in [0.3, 0.4) is 0 Å². The Morgan fingerprint density at radius 3 is 2.74 bits per heavy atom. The second kappa shape index (κ2) is 5.81. The fraction of sp³-hybridized carbons (Fsp3) is 0. The highest BCUT2D eigenvalue weighted by molar-refractivity contribution is 9.10. The number of hydrogen-bond donors (Lipinski definition) is 1. The van der Waals surface area contributed by atoms with Crippen molar-refractivity contribution < 1.29 is 9.18 Å². The third-order valence-electron chi connectivity index (χ3n) is 2.14. The van der Waals surface area contributed by atoms with E-state index in [1.165, 1.54) is 24.3 Å². The van der Waals surface area contributed by atoms with Gasteiger partial charge in [0.2, 0.25) is 0 Å². The largest absolute Gasteiger partial charge is 0.319 e. The van der Waals surface area contributed by atoms with Gasteiger partial charge < -0.3 is 5.32 Å². The number of amides is 1. The SMILES string of the molecule is O=C(Nc1cc(Br)ccc1F)c1cc(Cl)nnc1Cl. The van der Waals surface area contributed by atoms with Crippen LogP contribution in [0.2, 0.25) is 10.3 Å². The Morgan fingerprint density at radius 1 is 1.26 bits per heavy atom. The van der Waals surface area contributed by atoms with Gasteiger partial charge >= 0.3 is 0 Å². The summed E-state index contributed by atoms with van der Waals surface area (Å²) >= 11 is 14.5. The van der Waals surface area contributed by atoms with Crippen molar-refractivity contribution in [2.75, 3.05) is 5.32 Å². The molecule has 1 aromatic heterocycles. The second-order valence-electron chi connectivity index (χ2n) is 3.45. The first-order valence-corrected chi connectivity index (χ1v) is 6.47. The van der Waals surface area contributed by atoms with Crippen LogP contribution in [0, 0.1) is 5.82 Å². The molecule has 2 rings (SSSR count). The number of halogens is 4. The first kappa shape index (κ1) is 14.2. The standard InChI is InChI=1S/C11H5BrCl2FN3O/c12-5-1-2-7(15)8(3-5)16-11(19)6-4-9(13)17-18-10(6)14/h1-4H,(H,16,19). The third kappa shape index (κ3) is 3.40. The predicted octanol–water partition coefficient (Wildman–Crippen LogP) is 3.94. The van der Waals surface area contributed by atoms with E-state index in [-0.39, 0.29) is 21.6 Å². The molecule has 0 spiro atoms. The zero-order chi connectivity index (χ0) is 14.0. The highest BCUT2D eigenvalue weighted by Gasteiger charge is 2.15. The summed E-state index contributed by atoms with van der Waals surface area (Å²) in [6, 6.07) is 5.42. The molecule has 4 nitrogen and oxygen atoms in total. The van der Waals surface area contributed by atoms with Crippen molar-refractivity contribution in [1.82, 2.24) is 10.2 Å². The molecule has 0 fully saturated rings. The fourth-order valence-corrected chi connectivity index (χ4v) is 1.98. The average molecular weight is 365 g/mol. The zero-order valence-electron chi connectivity index (χ0n) is 9.12. The summed E-state index contributed by atoms with van der Waals surface area (Å²) in [5, 5.41) is 9.27. The van der Waals surface area contributed by atoms with Crippen molar-refractivity contribution in [3.63, 3.8) is 0 Å². The first-order valence-electron chi connectivity index (χ1n) is 4.92. The Hall–Kier alpha value is -1.24. The quantitative estimate of drug-likeness (QED) is 0.878.